The van der Waals surface area contributed by atoms with E-state index < -0.39 is 11.9 Å². The Kier molecular flexibility index (Phi) is 4.30. The van der Waals surface area contributed by atoms with Crippen molar-refractivity contribution in [1.82, 2.24) is 0 Å². The van der Waals surface area contributed by atoms with Gasteiger partial charge in [0, 0.05) is 6.07 Å². The van der Waals surface area contributed by atoms with Crippen LogP contribution in [0.4, 0.5) is 4.39 Å². The van der Waals surface area contributed by atoms with Gasteiger partial charge in [-0.2, -0.15) is 0 Å². The van der Waals surface area contributed by atoms with Gasteiger partial charge >= 0.3 is 0 Å². The lowest BCUT2D eigenvalue weighted by molar-refractivity contribution is 0.190. The second-order valence-electron chi connectivity index (χ2n) is 4.01. The van der Waals surface area contributed by atoms with Gasteiger partial charge in [0.2, 0.25) is 0 Å². The van der Waals surface area contributed by atoms with E-state index in [2.05, 4.69) is 0 Å². The number of benzene rings is 2. The Balaban J connectivity index is 2.38. The molecule has 0 fully saturated rings. The minimum absolute atomic E-state index is 0.105. The monoisotopic (exact) mass is 300 g/mol. The molecule has 19 heavy (non-hydrogen) atoms. The first-order chi connectivity index (χ1) is 8.99. The summed E-state index contributed by atoms with van der Waals surface area (Å²) in [6.07, 6.45) is -0.973. The molecule has 2 nitrogen and oxygen atoms in total. The molecule has 0 heterocycles. The van der Waals surface area contributed by atoms with Crippen molar-refractivity contribution in [1.29, 1.82) is 0 Å². The number of aliphatic hydroxyl groups excluding tert-OH is 1. The van der Waals surface area contributed by atoms with Crippen LogP contribution in [0.3, 0.4) is 0 Å². The van der Waals surface area contributed by atoms with E-state index in [9.17, 15) is 9.50 Å². The van der Waals surface area contributed by atoms with Gasteiger partial charge in [0.1, 0.15) is 17.3 Å². The number of hydrogen-bond acceptors (Lipinski definition) is 2. The molecule has 0 unspecified atom stereocenters. The van der Waals surface area contributed by atoms with E-state index in [1.165, 1.54) is 25.1 Å². The van der Waals surface area contributed by atoms with E-state index in [1.807, 2.05) is 0 Å². The Bertz CT molecular complexity index is 600. The van der Waals surface area contributed by atoms with Gasteiger partial charge in [-0.3, -0.25) is 0 Å². The molecule has 0 radical (unpaired) electrons. The molecule has 0 aliphatic heterocycles. The second kappa shape index (κ2) is 5.78. The Hall–Kier alpha value is -1.29. The maximum Gasteiger partial charge on any atom is 0.136 e. The molecule has 0 aromatic heterocycles. The number of halogens is 3. The van der Waals surface area contributed by atoms with E-state index in [0.29, 0.717) is 15.8 Å². The lowest BCUT2D eigenvalue weighted by atomic mass is 10.1. The van der Waals surface area contributed by atoms with Gasteiger partial charge in [-0.1, -0.05) is 29.3 Å². The van der Waals surface area contributed by atoms with Gasteiger partial charge in [-0.25, -0.2) is 4.39 Å². The first-order valence-corrected chi connectivity index (χ1v) is 6.34. The minimum Gasteiger partial charge on any atom is -0.457 e. The highest BCUT2D eigenvalue weighted by atomic mass is 35.5. The average molecular weight is 301 g/mol. The smallest absolute Gasteiger partial charge is 0.136 e. The van der Waals surface area contributed by atoms with Crippen molar-refractivity contribution in [3.05, 3.63) is 57.8 Å². The van der Waals surface area contributed by atoms with Gasteiger partial charge in [0.25, 0.3) is 0 Å². The van der Waals surface area contributed by atoms with E-state index in [0.717, 1.165) is 0 Å². The molecular formula is C14H11Cl2FO2. The van der Waals surface area contributed by atoms with Gasteiger partial charge in [-0.15, -0.1) is 0 Å². The van der Waals surface area contributed by atoms with Gasteiger partial charge in [-0.05, 0) is 31.2 Å². The quantitative estimate of drug-likeness (QED) is 0.866. The van der Waals surface area contributed by atoms with Crippen LogP contribution in [0.2, 0.25) is 10.0 Å². The summed E-state index contributed by atoms with van der Waals surface area (Å²) in [6.45, 7) is 1.47. The molecule has 0 saturated heterocycles. The van der Waals surface area contributed by atoms with Crippen LogP contribution in [-0.2, 0) is 0 Å². The highest BCUT2D eigenvalue weighted by Gasteiger charge is 2.15. The highest BCUT2D eigenvalue weighted by molar-refractivity contribution is 6.42. The molecule has 0 aliphatic carbocycles. The summed E-state index contributed by atoms with van der Waals surface area (Å²) >= 11 is 11.7. The summed E-state index contributed by atoms with van der Waals surface area (Å²) in [7, 11) is 0. The fraction of sp³-hybridized carbons (Fsp3) is 0.143. The van der Waals surface area contributed by atoms with Gasteiger partial charge in [0.15, 0.2) is 0 Å². The molecule has 2 aromatic carbocycles. The van der Waals surface area contributed by atoms with Crippen LogP contribution in [0.5, 0.6) is 11.5 Å². The Labute approximate surface area is 120 Å². The van der Waals surface area contributed by atoms with Crippen molar-refractivity contribution in [2.24, 2.45) is 0 Å². The predicted octanol–water partition coefficient (Wildman–Crippen LogP) is 4.98. The van der Waals surface area contributed by atoms with Gasteiger partial charge < -0.3 is 9.84 Å². The zero-order valence-electron chi connectivity index (χ0n) is 10.0. The minimum atomic E-state index is -0.973. The maximum absolute atomic E-state index is 13.7. The first-order valence-electron chi connectivity index (χ1n) is 5.58. The van der Waals surface area contributed by atoms with Crippen molar-refractivity contribution in [3.8, 4) is 11.5 Å². The summed E-state index contributed by atoms with van der Waals surface area (Å²) in [5.41, 5.74) is 0.105. The zero-order chi connectivity index (χ0) is 14.0. The van der Waals surface area contributed by atoms with Crippen molar-refractivity contribution < 1.29 is 14.2 Å². The number of hydrogen-bond donors (Lipinski definition) is 1. The summed E-state index contributed by atoms with van der Waals surface area (Å²) in [5, 5.41) is 10.3. The van der Waals surface area contributed by atoms with Crippen LogP contribution in [0.25, 0.3) is 0 Å². The topological polar surface area (TPSA) is 29.5 Å². The van der Waals surface area contributed by atoms with Gasteiger partial charge in [0.05, 0.1) is 21.7 Å². The third-order valence-electron chi connectivity index (χ3n) is 2.55. The Morgan fingerprint density at radius 2 is 1.89 bits per heavy atom. The van der Waals surface area contributed by atoms with Crippen LogP contribution >= 0.6 is 23.2 Å². The maximum atomic E-state index is 13.7. The van der Waals surface area contributed by atoms with Crippen LogP contribution < -0.4 is 4.74 Å². The summed E-state index contributed by atoms with van der Waals surface area (Å²) in [5.74, 6) is 0.142. The average Bonchev–Trinajstić information content (AvgIpc) is 2.33. The standard InChI is InChI=1S/C14H11Cl2FO2/c1-8(18)14-12(17)3-2-4-13(14)19-9-5-6-10(15)11(16)7-9/h2-8,18H,1H3/t8-/m1/s1. The second-order valence-corrected chi connectivity index (χ2v) is 4.82. The van der Waals surface area contributed by atoms with Crippen molar-refractivity contribution in [2.75, 3.05) is 0 Å². The van der Waals surface area contributed by atoms with Crippen molar-refractivity contribution in [3.63, 3.8) is 0 Å². The molecule has 0 aliphatic rings. The normalized spacial score (nSPS) is 12.3. The molecule has 5 heteroatoms. The van der Waals surface area contributed by atoms with Crippen molar-refractivity contribution >= 4 is 23.2 Å². The van der Waals surface area contributed by atoms with Crippen LogP contribution in [0.1, 0.15) is 18.6 Å². The molecule has 100 valence electrons. The molecule has 0 spiro atoms. The Morgan fingerprint density at radius 1 is 1.16 bits per heavy atom. The predicted molar refractivity (Wildman–Crippen MR) is 73.6 cm³/mol. The SMILES string of the molecule is C[C@@H](O)c1c(F)cccc1Oc1ccc(Cl)c(Cl)c1. The van der Waals surface area contributed by atoms with E-state index in [4.69, 9.17) is 27.9 Å². The highest BCUT2D eigenvalue weighted by Crippen LogP contribution is 2.34. The fourth-order valence-corrected chi connectivity index (χ4v) is 1.97. The molecule has 2 rings (SSSR count). The lowest BCUT2D eigenvalue weighted by Gasteiger charge is -2.14. The van der Waals surface area contributed by atoms with Crippen molar-refractivity contribution in [2.45, 2.75) is 13.0 Å². The van der Waals surface area contributed by atoms with E-state index in [-0.39, 0.29) is 11.3 Å². The largest absolute Gasteiger partial charge is 0.457 e. The van der Waals surface area contributed by atoms with E-state index in [1.54, 1.807) is 18.2 Å². The molecule has 0 amide bonds. The molecule has 1 N–H and O–H groups in total. The third-order valence-corrected chi connectivity index (χ3v) is 3.29. The Morgan fingerprint density at radius 3 is 2.53 bits per heavy atom. The summed E-state index contributed by atoms with van der Waals surface area (Å²) in [6, 6.07) is 9.08. The van der Waals surface area contributed by atoms with Crippen LogP contribution in [0, 0.1) is 5.82 Å². The number of rotatable bonds is 3. The third kappa shape index (κ3) is 3.18. The molecule has 0 saturated carbocycles. The summed E-state index contributed by atoms with van der Waals surface area (Å²) < 4.78 is 19.2. The molecule has 0 bridgehead atoms. The first kappa shape index (κ1) is 14.1. The van der Waals surface area contributed by atoms with E-state index >= 15 is 0 Å². The molecule has 2 aromatic rings. The lowest BCUT2D eigenvalue weighted by Crippen LogP contribution is -1.99. The molecular weight excluding hydrogens is 290 g/mol. The number of aliphatic hydroxyl groups is 1. The fourth-order valence-electron chi connectivity index (χ4n) is 1.68. The zero-order valence-corrected chi connectivity index (χ0v) is 11.5. The number of ether oxygens (including phenoxy) is 1. The molecule has 1 atom stereocenters. The van der Waals surface area contributed by atoms with Crippen LogP contribution in [-0.4, -0.2) is 5.11 Å². The van der Waals surface area contributed by atoms with Crippen LogP contribution in [0.15, 0.2) is 36.4 Å². The summed E-state index contributed by atoms with van der Waals surface area (Å²) in [4.78, 5) is 0.